The van der Waals surface area contributed by atoms with Crippen molar-refractivity contribution in [1.82, 2.24) is 9.21 Å². The van der Waals surface area contributed by atoms with Crippen LogP contribution in [-0.2, 0) is 24.4 Å². The monoisotopic (exact) mass is 467 g/mol. The first-order valence-electron chi connectivity index (χ1n) is 9.71. The van der Waals surface area contributed by atoms with Crippen LogP contribution in [0.25, 0.3) is 0 Å². The summed E-state index contributed by atoms with van der Waals surface area (Å²) in [7, 11) is -0.806. The number of thioether (sulfide) groups is 1. The van der Waals surface area contributed by atoms with Gasteiger partial charge in [0.25, 0.3) is 0 Å². The highest BCUT2D eigenvalue weighted by molar-refractivity contribution is 8.04. The fourth-order valence-electron chi connectivity index (χ4n) is 2.71. The lowest BCUT2D eigenvalue weighted by Gasteiger charge is -2.25. The van der Waals surface area contributed by atoms with E-state index >= 15 is 0 Å². The fourth-order valence-corrected chi connectivity index (χ4v) is 4.63. The number of hydrogen-bond donors (Lipinski definition) is 1. The Morgan fingerprint density at radius 1 is 1.26 bits per heavy atom. The van der Waals surface area contributed by atoms with Crippen LogP contribution in [0.3, 0.4) is 0 Å². The number of carbonyl (C=O) groups is 3. The molecule has 0 unspecified atom stereocenters. The zero-order valence-electron chi connectivity index (χ0n) is 18.8. The maximum atomic E-state index is 12.9. The number of rotatable bonds is 6. The van der Waals surface area contributed by atoms with E-state index in [2.05, 4.69) is 5.32 Å². The first-order chi connectivity index (χ1) is 14.2. The van der Waals surface area contributed by atoms with Crippen LogP contribution in [-0.4, -0.2) is 61.1 Å². The number of carbonyl (C=O) groups excluding carboxylic acids is 3. The van der Waals surface area contributed by atoms with Gasteiger partial charge in [0.2, 0.25) is 21.8 Å². The molecule has 1 aliphatic rings. The SMILES string of the molecule is Cc1ccc(S(=O)(=O)N(C)C)cc1NC(=O)[C@@H](C)N1C(=O)CS/C1=C/C(=O)C(C)(C)C. The van der Waals surface area contributed by atoms with Crippen molar-refractivity contribution in [2.24, 2.45) is 5.41 Å². The van der Waals surface area contributed by atoms with Crippen molar-refractivity contribution in [3.8, 4) is 0 Å². The molecule has 170 valence electrons. The van der Waals surface area contributed by atoms with E-state index in [9.17, 15) is 22.8 Å². The molecule has 0 radical (unpaired) electrons. The van der Waals surface area contributed by atoms with E-state index in [4.69, 9.17) is 0 Å². The number of ketones is 1. The Morgan fingerprint density at radius 2 is 1.87 bits per heavy atom. The van der Waals surface area contributed by atoms with E-state index in [-0.39, 0.29) is 22.3 Å². The van der Waals surface area contributed by atoms with E-state index < -0.39 is 27.4 Å². The molecular weight excluding hydrogens is 438 g/mol. The summed E-state index contributed by atoms with van der Waals surface area (Å²) in [6.45, 7) is 8.67. The van der Waals surface area contributed by atoms with E-state index in [1.54, 1.807) is 40.7 Å². The van der Waals surface area contributed by atoms with Crippen LogP contribution >= 0.6 is 11.8 Å². The summed E-state index contributed by atoms with van der Waals surface area (Å²) in [5.74, 6) is -0.732. The normalized spacial score (nSPS) is 17.4. The standard InChI is InChI=1S/C21H29N3O5S2/c1-13-8-9-15(31(28,29)23(6)7)10-16(13)22-20(27)14(2)24-18(26)12-30-19(24)11-17(25)21(3,4)5/h8-11,14H,12H2,1-7H3,(H,22,27)/b19-11+/t14-/m1/s1. The van der Waals surface area contributed by atoms with Gasteiger partial charge in [-0.3, -0.25) is 19.3 Å². The molecule has 0 aliphatic carbocycles. The Hall–Kier alpha value is -2.17. The molecule has 8 nitrogen and oxygen atoms in total. The second-order valence-electron chi connectivity index (χ2n) is 8.58. The number of amides is 2. The number of allylic oxidation sites excluding steroid dienone is 1. The summed E-state index contributed by atoms with van der Waals surface area (Å²) in [6.07, 6.45) is 1.41. The topological polar surface area (TPSA) is 104 Å². The van der Waals surface area contributed by atoms with Crippen molar-refractivity contribution in [2.75, 3.05) is 25.2 Å². The number of benzene rings is 1. The Kier molecular flexibility index (Phi) is 7.39. The lowest BCUT2D eigenvalue weighted by molar-refractivity contribution is -0.132. The van der Waals surface area contributed by atoms with Crippen molar-refractivity contribution < 1.29 is 22.8 Å². The Morgan fingerprint density at radius 3 is 2.42 bits per heavy atom. The summed E-state index contributed by atoms with van der Waals surface area (Å²) in [5.41, 5.74) is 0.417. The second kappa shape index (κ2) is 9.13. The second-order valence-corrected chi connectivity index (χ2v) is 11.7. The van der Waals surface area contributed by atoms with Gasteiger partial charge in [-0.2, -0.15) is 0 Å². The number of aryl methyl sites for hydroxylation is 1. The summed E-state index contributed by atoms with van der Waals surface area (Å²) in [5, 5.41) is 3.16. The molecule has 0 spiro atoms. The van der Waals surface area contributed by atoms with E-state index in [1.807, 2.05) is 0 Å². The molecule has 1 heterocycles. The van der Waals surface area contributed by atoms with E-state index in [0.29, 0.717) is 16.3 Å². The van der Waals surface area contributed by atoms with Gasteiger partial charge in [0.1, 0.15) is 6.04 Å². The molecule has 2 amide bonds. The van der Waals surface area contributed by atoms with Crippen LogP contribution in [0.15, 0.2) is 34.2 Å². The van der Waals surface area contributed by atoms with Crippen molar-refractivity contribution in [2.45, 2.75) is 45.6 Å². The first kappa shape index (κ1) is 25.1. The summed E-state index contributed by atoms with van der Waals surface area (Å²) in [4.78, 5) is 39.1. The molecule has 1 aromatic rings. The lowest BCUT2D eigenvalue weighted by atomic mass is 9.91. The minimum Gasteiger partial charge on any atom is -0.324 e. The predicted octanol–water partition coefficient (Wildman–Crippen LogP) is 2.60. The van der Waals surface area contributed by atoms with Gasteiger partial charge in [-0.05, 0) is 31.5 Å². The Balaban J connectivity index is 2.30. The number of hydrogen-bond acceptors (Lipinski definition) is 6. The predicted molar refractivity (Wildman–Crippen MR) is 122 cm³/mol. The van der Waals surface area contributed by atoms with Crippen LogP contribution in [0.1, 0.15) is 33.3 Å². The minimum atomic E-state index is -3.67. The highest BCUT2D eigenvalue weighted by Crippen LogP contribution is 2.33. The van der Waals surface area contributed by atoms with E-state index in [1.165, 1.54) is 49.0 Å². The van der Waals surface area contributed by atoms with E-state index in [0.717, 1.165) is 4.31 Å². The molecule has 1 fully saturated rings. The highest BCUT2D eigenvalue weighted by Gasteiger charge is 2.36. The number of nitrogens with one attached hydrogen (secondary N) is 1. The smallest absolute Gasteiger partial charge is 0.247 e. The Labute approximate surface area is 188 Å². The van der Waals surface area contributed by atoms with Crippen molar-refractivity contribution in [3.05, 3.63) is 34.9 Å². The van der Waals surface area contributed by atoms with Crippen LogP contribution in [0, 0.1) is 12.3 Å². The molecule has 31 heavy (non-hydrogen) atoms. The zero-order valence-corrected chi connectivity index (χ0v) is 20.5. The van der Waals surface area contributed by atoms with Crippen LogP contribution < -0.4 is 5.32 Å². The van der Waals surface area contributed by atoms with Gasteiger partial charge in [-0.25, -0.2) is 12.7 Å². The van der Waals surface area contributed by atoms with Gasteiger partial charge < -0.3 is 5.32 Å². The molecule has 0 aromatic heterocycles. The Bertz CT molecular complexity index is 1040. The number of sulfonamides is 1. The quantitative estimate of drug-likeness (QED) is 0.645. The largest absolute Gasteiger partial charge is 0.324 e. The van der Waals surface area contributed by atoms with Crippen LogP contribution in [0.2, 0.25) is 0 Å². The van der Waals surface area contributed by atoms with Crippen molar-refractivity contribution in [1.29, 1.82) is 0 Å². The summed E-state index contributed by atoms with van der Waals surface area (Å²) < 4.78 is 25.9. The average Bonchev–Trinajstić information content (AvgIpc) is 3.01. The first-order valence-corrected chi connectivity index (χ1v) is 12.1. The molecule has 10 heteroatoms. The number of nitrogens with zero attached hydrogens (tertiary/aromatic N) is 2. The van der Waals surface area contributed by atoms with Crippen LogP contribution in [0.5, 0.6) is 0 Å². The fraction of sp³-hybridized carbons (Fsp3) is 0.476. The molecule has 1 aliphatic heterocycles. The molecule has 1 N–H and O–H groups in total. The maximum absolute atomic E-state index is 12.9. The third-order valence-corrected chi connectivity index (χ3v) is 7.67. The van der Waals surface area contributed by atoms with Gasteiger partial charge in [0.05, 0.1) is 15.7 Å². The van der Waals surface area contributed by atoms with Gasteiger partial charge >= 0.3 is 0 Å². The van der Waals surface area contributed by atoms with Gasteiger partial charge in [0.15, 0.2) is 5.78 Å². The maximum Gasteiger partial charge on any atom is 0.247 e. The number of anilines is 1. The molecule has 1 aromatic carbocycles. The molecule has 2 rings (SSSR count). The third-order valence-electron chi connectivity index (χ3n) is 4.86. The summed E-state index contributed by atoms with van der Waals surface area (Å²) >= 11 is 1.22. The summed E-state index contributed by atoms with van der Waals surface area (Å²) in [6, 6.07) is 3.61. The molecule has 0 saturated carbocycles. The van der Waals surface area contributed by atoms with Gasteiger partial charge in [-0.1, -0.05) is 38.6 Å². The zero-order chi connectivity index (χ0) is 23.7. The van der Waals surface area contributed by atoms with Crippen molar-refractivity contribution in [3.63, 3.8) is 0 Å². The molecule has 1 saturated heterocycles. The minimum absolute atomic E-state index is 0.0511. The van der Waals surface area contributed by atoms with Gasteiger partial charge in [0, 0.05) is 31.3 Å². The lowest BCUT2D eigenvalue weighted by Crippen LogP contribution is -2.42. The molecule has 0 bridgehead atoms. The third kappa shape index (κ3) is 5.55. The highest BCUT2D eigenvalue weighted by atomic mass is 32.2. The molecular formula is C21H29N3O5S2. The van der Waals surface area contributed by atoms with Gasteiger partial charge in [-0.15, -0.1) is 0 Å². The average molecular weight is 468 g/mol. The van der Waals surface area contributed by atoms with Crippen molar-refractivity contribution >= 4 is 45.1 Å². The molecule has 1 atom stereocenters. The van der Waals surface area contributed by atoms with Crippen LogP contribution in [0.4, 0.5) is 5.69 Å².